The fourth-order valence-corrected chi connectivity index (χ4v) is 4.93. The van der Waals surface area contributed by atoms with Gasteiger partial charge in [-0.15, -0.1) is 0 Å². The third kappa shape index (κ3) is 8.06. The van der Waals surface area contributed by atoms with Crippen LogP contribution in [-0.2, 0) is 25.4 Å². The van der Waals surface area contributed by atoms with E-state index >= 15 is 0 Å². The van der Waals surface area contributed by atoms with Gasteiger partial charge in [0.25, 0.3) is 0 Å². The lowest BCUT2D eigenvalue weighted by molar-refractivity contribution is -0.0714. The van der Waals surface area contributed by atoms with Gasteiger partial charge in [-0.2, -0.15) is 0 Å². The maximum absolute atomic E-state index is 6.18. The zero-order valence-electron chi connectivity index (χ0n) is 23.0. The molecule has 6 heteroatoms. The predicted octanol–water partition coefficient (Wildman–Crippen LogP) is 6.66. The number of ether oxygens (including phenoxy) is 6. The Hall–Kier alpha value is -2.38. The summed E-state index contributed by atoms with van der Waals surface area (Å²) in [5.74, 6) is 2.31. The van der Waals surface area contributed by atoms with Crippen molar-refractivity contribution < 1.29 is 28.4 Å². The van der Waals surface area contributed by atoms with Gasteiger partial charge in [-0.3, -0.25) is 0 Å². The van der Waals surface area contributed by atoms with Gasteiger partial charge in [0.15, 0.2) is 12.6 Å². The number of hydrogen-bond donors (Lipinski definition) is 0. The molecule has 1 aliphatic carbocycles. The minimum atomic E-state index is -0.287. The molecule has 0 bridgehead atoms. The van der Waals surface area contributed by atoms with Crippen molar-refractivity contribution >= 4 is 5.57 Å². The molecule has 2 aromatic rings. The molecule has 3 aliphatic rings. The van der Waals surface area contributed by atoms with E-state index in [1.807, 2.05) is 13.8 Å². The molecule has 6 nitrogen and oxygen atoms in total. The molecule has 5 rings (SSSR count). The van der Waals surface area contributed by atoms with Gasteiger partial charge in [0.2, 0.25) is 0 Å². The largest absolute Gasteiger partial charge is 0.465 e. The molecule has 0 aromatic heterocycles. The Balaban J connectivity index is 1.17. The summed E-state index contributed by atoms with van der Waals surface area (Å²) in [5, 5.41) is 0. The van der Waals surface area contributed by atoms with Crippen LogP contribution in [0.1, 0.15) is 75.5 Å². The predicted molar refractivity (Wildman–Crippen MR) is 148 cm³/mol. The van der Waals surface area contributed by atoms with Crippen molar-refractivity contribution in [1.82, 2.24) is 0 Å². The Bertz CT molecular complexity index is 1060. The van der Waals surface area contributed by atoms with E-state index in [9.17, 15) is 0 Å². The van der Waals surface area contributed by atoms with Crippen LogP contribution >= 0.6 is 0 Å². The second-order valence-electron chi connectivity index (χ2n) is 10.6. The van der Waals surface area contributed by atoms with Crippen molar-refractivity contribution in [1.29, 1.82) is 0 Å². The molecule has 0 saturated carbocycles. The average Bonchev–Trinajstić information content (AvgIpc) is 3.86. The Kier molecular flexibility index (Phi) is 9.39. The highest BCUT2D eigenvalue weighted by molar-refractivity contribution is 5.68. The molecular formula is C32H42O6. The molecular weight excluding hydrogens is 480 g/mol. The van der Waals surface area contributed by atoms with Gasteiger partial charge in [0.1, 0.15) is 23.7 Å². The molecule has 2 saturated heterocycles. The normalized spacial score (nSPS) is 23.9. The molecule has 2 aromatic carbocycles. The lowest BCUT2D eigenvalue weighted by Crippen LogP contribution is -2.19. The van der Waals surface area contributed by atoms with E-state index in [1.54, 1.807) is 0 Å². The summed E-state index contributed by atoms with van der Waals surface area (Å²) in [6.45, 7) is 8.89. The minimum Gasteiger partial charge on any atom is -0.465 e. The van der Waals surface area contributed by atoms with Crippen molar-refractivity contribution in [3.05, 3.63) is 65.2 Å². The summed E-state index contributed by atoms with van der Waals surface area (Å²) < 4.78 is 34.0. The van der Waals surface area contributed by atoms with E-state index in [0.717, 1.165) is 63.2 Å². The van der Waals surface area contributed by atoms with E-state index in [4.69, 9.17) is 28.4 Å². The van der Waals surface area contributed by atoms with Crippen LogP contribution < -0.4 is 9.47 Å². The van der Waals surface area contributed by atoms with Gasteiger partial charge in [-0.25, -0.2) is 0 Å². The molecule has 2 aliphatic heterocycles. The number of allylic oxidation sites excluding steroid dienone is 2. The van der Waals surface area contributed by atoms with Crippen molar-refractivity contribution in [3.63, 3.8) is 0 Å². The first kappa shape index (κ1) is 27.2. The minimum absolute atomic E-state index is 0.243. The smallest absolute Gasteiger partial charge is 0.197 e. The van der Waals surface area contributed by atoms with Crippen molar-refractivity contribution in [2.75, 3.05) is 26.4 Å². The standard InChI is InChI=1S/C32H42O6/c1-4-5-6-28-17-27(13-16-32(28)38-23(3)34-19-31-21-36-31)26-9-7-24(8-10-26)25-11-14-29(15-12-25)37-22(2)33-18-30-20-35-30/h9,11-17,22-24,30-31H,4-8,10,18-21H2,1-3H3. The first-order valence-corrected chi connectivity index (χ1v) is 14.3. The topological polar surface area (TPSA) is 62.0 Å². The fourth-order valence-electron chi connectivity index (χ4n) is 4.93. The molecule has 5 atom stereocenters. The number of benzene rings is 2. The quantitative estimate of drug-likeness (QED) is 0.193. The summed E-state index contributed by atoms with van der Waals surface area (Å²) in [6, 6.07) is 15.2. The Labute approximate surface area is 227 Å². The highest BCUT2D eigenvalue weighted by Gasteiger charge is 2.25. The Morgan fingerprint density at radius 3 is 2.18 bits per heavy atom. The van der Waals surface area contributed by atoms with E-state index < -0.39 is 0 Å². The third-order valence-corrected chi connectivity index (χ3v) is 7.43. The molecule has 5 unspecified atom stereocenters. The highest BCUT2D eigenvalue weighted by atomic mass is 16.7. The lowest BCUT2D eigenvalue weighted by Gasteiger charge is -2.24. The number of unbranched alkanes of at least 4 members (excludes halogenated alkanes) is 1. The monoisotopic (exact) mass is 522 g/mol. The first-order valence-electron chi connectivity index (χ1n) is 14.3. The third-order valence-electron chi connectivity index (χ3n) is 7.43. The van der Waals surface area contributed by atoms with Gasteiger partial charge < -0.3 is 28.4 Å². The number of aryl methyl sites for hydroxylation is 1. The molecule has 0 radical (unpaired) electrons. The van der Waals surface area contributed by atoms with Crippen molar-refractivity contribution in [2.45, 2.75) is 90.0 Å². The Morgan fingerprint density at radius 1 is 0.895 bits per heavy atom. The van der Waals surface area contributed by atoms with Crippen LogP contribution in [0.15, 0.2) is 48.5 Å². The zero-order valence-corrected chi connectivity index (χ0v) is 23.0. The van der Waals surface area contributed by atoms with Gasteiger partial charge >= 0.3 is 0 Å². The maximum Gasteiger partial charge on any atom is 0.197 e. The van der Waals surface area contributed by atoms with E-state index in [0.29, 0.717) is 19.1 Å². The number of rotatable bonds is 15. The van der Waals surface area contributed by atoms with E-state index in [-0.39, 0.29) is 24.8 Å². The SMILES string of the molecule is CCCCc1cc(C2=CCC(c3ccc(OC(C)OCC4CO4)cc3)CC2)ccc1OC(C)OCC1CO1. The van der Waals surface area contributed by atoms with Crippen LogP contribution in [0.2, 0.25) is 0 Å². The molecule has 0 amide bonds. The first-order chi connectivity index (χ1) is 18.6. The molecule has 2 fully saturated rings. The molecule has 38 heavy (non-hydrogen) atoms. The van der Waals surface area contributed by atoms with Crippen LogP contribution in [0.25, 0.3) is 5.57 Å². The molecule has 0 N–H and O–H groups in total. The molecule has 0 spiro atoms. The average molecular weight is 523 g/mol. The van der Waals surface area contributed by atoms with Gasteiger partial charge in [0.05, 0.1) is 26.4 Å². The summed E-state index contributed by atoms with van der Waals surface area (Å²) in [5.41, 5.74) is 5.39. The summed E-state index contributed by atoms with van der Waals surface area (Å²) in [6.07, 6.45) is 8.93. The van der Waals surface area contributed by atoms with Crippen molar-refractivity contribution in [2.24, 2.45) is 0 Å². The van der Waals surface area contributed by atoms with Crippen LogP contribution in [0.5, 0.6) is 11.5 Å². The van der Waals surface area contributed by atoms with Gasteiger partial charge in [-0.05, 0) is 98.4 Å². The van der Waals surface area contributed by atoms with Crippen LogP contribution in [0.4, 0.5) is 0 Å². The second kappa shape index (κ2) is 13.1. The van der Waals surface area contributed by atoms with E-state index in [1.165, 1.54) is 22.3 Å². The summed E-state index contributed by atoms with van der Waals surface area (Å²) in [4.78, 5) is 0. The van der Waals surface area contributed by atoms with Crippen LogP contribution in [0.3, 0.4) is 0 Å². The summed E-state index contributed by atoms with van der Waals surface area (Å²) >= 11 is 0. The van der Waals surface area contributed by atoms with Gasteiger partial charge in [0, 0.05) is 0 Å². The summed E-state index contributed by atoms with van der Waals surface area (Å²) in [7, 11) is 0. The van der Waals surface area contributed by atoms with Crippen molar-refractivity contribution in [3.8, 4) is 11.5 Å². The maximum atomic E-state index is 6.18. The number of hydrogen-bond acceptors (Lipinski definition) is 6. The van der Waals surface area contributed by atoms with Gasteiger partial charge in [-0.1, -0.05) is 37.6 Å². The van der Waals surface area contributed by atoms with E-state index in [2.05, 4.69) is 55.5 Å². The van der Waals surface area contributed by atoms with Crippen LogP contribution in [-0.4, -0.2) is 51.2 Å². The van der Waals surface area contributed by atoms with Crippen LogP contribution in [0, 0.1) is 0 Å². The second-order valence-corrected chi connectivity index (χ2v) is 10.6. The molecule has 2 heterocycles. The fraction of sp³-hybridized carbons (Fsp3) is 0.562. The molecule has 206 valence electrons. The lowest BCUT2D eigenvalue weighted by atomic mass is 9.82. The highest BCUT2D eigenvalue weighted by Crippen LogP contribution is 2.38. The Morgan fingerprint density at radius 2 is 1.58 bits per heavy atom. The number of epoxide rings is 2. The zero-order chi connectivity index (χ0) is 26.3.